The molecule has 0 aromatic carbocycles. The molecule has 22 heavy (non-hydrogen) atoms. The number of nitrogens with zero attached hydrogens (tertiary/aromatic N) is 5. The largest absolute Gasteiger partial charge is 0.393 e. The summed E-state index contributed by atoms with van der Waals surface area (Å²) in [5, 5.41) is 22.3. The number of azide groups is 1. The molecule has 0 saturated carbocycles. The predicted molar refractivity (Wildman–Crippen MR) is 67.5 cm³/mol. The monoisotopic (exact) mass is 318 g/mol. The van der Waals surface area contributed by atoms with Crippen LogP contribution < -0.4 is 11.4 Å². The number of alkyl halides is 2. The van der Waals surface area contributed by atoms with Gasteiger partial charge in [-0.05, 0) is 11.6 Å². The van der Waals surface area contributed by atoms with Crippen LogP contribution in [0.3, 0.4) is 0 Å². The first-order valence-corrected chi connectivity index (χ1v) is 6.02. The van der Waals surface area contributed by atoms with Crippen molar-refractivity contribution < 1.29 is 23.7 Å². The molecule has 0 radical (unpaired) electrons. The number of nitrogen functional groups attached to an aromatic ring is 1. The van der Waals surface area contributed by atoms with Crippen LogP contribution in [-0.4, -0.2) is 44.6 Å². The van der Waals surface area contributed by atoms with Gasteiger partial charge in [-0.1, -0.05) is 5.11 Å². The average molecular weight is 318 g/mol. The molecule has 1 unspecified atom stereocenters. The van der Waals surface area contributed by atoms with Gasteiger partial charge in [-0.25, -0.2) is 13.6 Å². The summed E-state index contributed by atoms with van der Waals surface area (Å²) in [4.78, 5) is 17.5. The van der Waals surface area contributed by atoms with Gasteiger partial charge in [-0.2, -0.15) is 4.98 Å². The van der Waals surface area contributed by atoms with Crippen molar-refractivity contribution in [3.05, 3.63) is 33.2 Å². The average Bonchev–Trinajstić information content (AvgIpc) is 2.73. The van der Waals surface area contributed by atoms with Gasteiger partial charge < -0.3 is 20.7 Å². The van der Waals surface area contributed by atoms with Crippen LogP contribution in [-0.2, 0) is 4.74 Å². The highest BCUT2D eigenvalue weighted by Crippen LogP contribution is 2.44. The molecule has 1 saturated heterocycles. The first-order chi connectivity index (χ1) is 10.4. The molecule has 0 bridgehead atoms. The summed E-state index contributed by atoms with van der Waals surface area (Å²) >= 11 is 0. The molecule has 120 valence electrons. The molecule has 1 aliphatic heterocycles. The first-order valence-electron chi connectivity index (χ1n) is 6.02. The van der Waals surface area contributed by atoms with Crippen LogP contribution in [0.2, 0.25) is 0 Å². The number of anilines is 1. The van der Waals surface area contributed by atoms with Crippen molar-refractivity contribution in [3.63, 3.8) is 0 Å². The van der Waals surface area contributed by atoms with Crippen molar-refractivity contribution >= 4 is 5.82 Å². The van der Waals surface area contributed by atoms with Crippen LogP contribution >= 0.6 is 0 Å². The van der Waals surface area contributed by atoms with Crippen LogP contribution in [0.15, 0.2) is 22.2 Å². The van der Waals surface area contributed by atoms with Gasteiger partial charge in [0.25, 0.3) is 0 Å². The molecule has 12 heteroatoms. The maximum Gasteiger partial charge on any atom is 0.351 e. The normalized spacial score (nSPS) is 31.2. The lowest BCUT2D eigenvalue weighted by molar-refractivity contribution is -0.125. The fourth-order valence-corrected chi connectivity index (χ4v) is 2.26. The van der Waals surface area contributed by atoms with Crippen LogP contribution in [0, 0.1) is 5.92 Å². The molecule has 0 spiro atoms. The summed E-state index contributed by atoms with van der Waals surface area (Å²) in [6, 6.07) is 1.17. The molecule has 4 N–H and O–H groups in total. The fourth-order valence-electron chi connectivity index (χ4n) is 2.26. The van der Waals surface area contributed by atoms with E-state index in [1.807, 2.05) is 0 Å². The van der Waals surface area contributed by atoms with E-state index in [9.17, 15) is 23.8 Å². The molecular weight excluding hydrogens is 306 g/mol. The molecule has 1 aromatic rings. The molecule has 2 rings (SSSR count). The second-order valence-electron chi connectivity index (χ2n) is 4.60. The number of hydrogen-bond acceptors (Lipinski definition) is 7. The molecule has 0 aliphatic carbocycles. The third-order valence-corrected chi connectivity index (χ3v) is 3.34. The van der Waals surface area contributed by atoms with Crippen LogP contribution in [0.4, 0.5) is 14.6 Å². The third kappa shape index (κ3) is 2.48. The van der Waals surface area contributed by atoms with Crippen molar-refractivity contribution in [2.24, 2.45) is 11.0 Å². The van der Waals surface area contributed by atoms with Gasteiger partial charge in [0.15, 0.2) is 5.72 Å². The molecule has 2 heterocycles. The maximum atomic E-state index is 13.2. The number of aliphatic hydroxyl groups excluding tert-OH is 2. The second-order valence-corrected chi connectivity index (χ2v) is 4.60. The summed E-state index contributed by atoms with van der Waals surface area (Å²) in [5.74, 6) is -2.04. The lowest BCUT2D eigenvalue weighted by Gasteiger charge is -2.24. The Balaban J connectivity index is 2.54. The van der Waals surface area contributed by atoms with Gasteiger partial charge in [0, 0.05) is 11.1 Å². The van der Waals surface area contributed by atoms with Crippen molar-refractivity contribution in [3.8, 4) is 0 Å². The lowest BCUT2D eigenvalue weighted by Crippen LogP contribution is -2.44. The fraction of sp³-hybridized carbons (Fsp3) is 0.600. The molecule has 1 fully saturated rings. The summed E-state index contributed by atoms with van der Waals surface area (Å²) in [6.45, 7) is -1.05. The minimum Gasteiger partial charge on any atom is -0.393 e. The molecule has 1 aromatic heterocycles. The van der Waals surface area contributed by atoms with E-state index in [1.54, 1.807) is 0 Å². The summed E-state index contributed by atoms with van der Waals surface area (Å²) < 4.78 is 32.3. The zero-order chi connectivity index (χ0) is 16.5. The highest BCUT2D eigenvalue weighted by Gasteiger charge is 2.58. The summed E-state index contributed by atoms with van der Waals surface area (Å²) in [7, 11) is 0. The van der Waals surface area contributed by atoms with Crippen molar-refractivity contribution in [2.45, 2.75) is 24.5 Å². The van der Waals surface area contributed by atoms with E-state index in [2.05, 4.69) is 15.0 Å². The zero-order valence-corrected chi connectivity index (χ0v) is 11.0. The Kier molecular flexibility index (Phi) is 4.28. The topological polar surface area (TPSA) is 159 Å². The number of ether oxygens (including phenoxy) is 1. The number of aliphatic hydroxyl groups is 2. The van der Waals surface area contributed by atoms with E-state index >= 15 is 0 Å². The van der Waals surface area contributed by atoms with Gasteiger partial charge in [0.1, 0.15) is 18.1 Å². The highest BCUT2D eigenvalue weighted by molar-refractivity contribution is 5.23. The lowest BCUT2D eigenvalue weighted by atomic mass is 9.96. The molecule has 1 aliphatic rings. The molecule has 0 amide bonds. The van der Waals surface area contributed by atoms with Crippen molar-refractivity contribution in [1.82, 2.24) is 9.55 Å². The van der Waals surface area contributed by atoms with E-state index < -0.39 is 42.7 Å². The Morgan fingerprint density at radius 3 is 2.86 bits per heavy atom. The van der Waals surface area contributed by atoms with E-state index in [0.717, 1.165) is 6.20 Å². The second kappa shape index (κ2) is 5.85. The Morgan fingerprint density at radius 2 is 2.36 bits per heavy atom. The number of nitrogens with two attached hydrogens (primary N) is 1. The minimum atomic E-state index is -3.12. The van der Waals surface area contributed by atoms with E-state index in [4.69, 9.17) is 16.0 Å². The molecule has 10 nitrogen and oxygen atoms in total. The number of rotatable bonds is 4. The highest BCUT2D eigenvalue weighted by atomic mass is 19.3. The standard InChI is InChI=1S/C10H12F2N6O4/c11-7(12)5-6(20)10(3-19,16-17-14)22-8(5)18-2-1-4(13)15-9(18)21/h1-2,5-8,19-20H,3H2,(H2,13,15,21)/t5-,6+,8-,10?/m1/s1. The summed E-state index contributed by atoms with van der Waals surface area (Å²) in [5.41, 5.74) is 10.5. The van der Waals surface area contributed by atoms with Crippen molar-refractivity contribution in [2.75, 3.05) is 12.3 Å². The number of aromatic nitrogens is 2. The van der Waals surface area contributed by atoms with E-state index in [1.165, 1.54) is 6.07 Å². The molecule has 4 atom stereocenters. The first kappa shape index (κ1) is 16.1. The van der Waals surface area contributed by atoms with Gasteiger partial charge in [-0.15, -0.1) is 0 Å². The van der Waals surface area contributed by atoms with Crippen molar-refractivity contribution in [1.29, 1.82) is 0 Å². The van der Waals surface area contributed by atoms with E-state index in [0.29, 0.717) is 4.57 Å². The number of hydrogen-bond donors (Lipinski definition) is 3. The maximum absolute atomic E-state index is 13.2. The molecular formula is C10H12F2N6O4. The van der Waals surface area contributed by atoms with Gasteiger partial charge in [0.2, 0.25) is 6.43 Å². The van der Waals surface area contributed by atoms with Gasteiger partial charge in [-0.3, -0.25) is 4.57 Å². The third-order valence-electron chi connectivity index (χ3n) is 3.34. The van der Waals surface area contributed by atoms with Crippen LogP contribution in [0.25, 0.3) is 10.4 Å². The van der Waals surface area contributed by atoms with Gasteiger partial charge >= 0.3 is 5.69 Å². The summed E-state index contributed by atoms with van der Waals surface area (Å²) in [6.07, 6.45) is -5.77. The Bertz CT molecular complexity index is 663. The quantitative estimate of drug-likeness (QED) is 0.389. The van der Waals surface area contributed by atoms with Crippen LogP contribution in [0.1, 0.15) is 6.23 Å². The van der Waals surface area contributed by atoms with E-state index in [-0.39, 0.29) is 5.82 Å². The zero-order valence-electron chi connectivity index (χ0n) is 11.0. The predicted octanol–water partition coefficient (Wildman–Crippen LogP) is -0.405. The number of halogens is 2. The minimum absolute atomic E-state index is 0.128. The SMILES string of the molecule is [N-]=[N+]=NC1(CO)O[C@@H](n2ccc(N)nc2=O)[C@@H](C(F)F)[C@@H]1O. The Hall–Kier alpha value is -2.27. The Morgan fingerprint density at radius 1 is 1.68 bits per heavy atom. The Labute approximate surface area is 121 Å². The smallest absolute Gasteiger partial charge is 0.351 e. The van der Waals surface area contributed by atoms with Gasteiger partial charge in [0.05, 0.1) is 12.5 Å². The van der Waals surface area contributed by atoms with Crippen LogP contribution in [0.5, 0.6) is 0 Å².